The fraction of sp³-hybridized carbons (Fsp3) is 0.316. The summed E-state index contributed by atoms with van der Waals surface area (Å²) in [6.45, 7) is 0.155. The smallest absolute Gasteiger partial charge is 0.337 e. The van der Waals surface area contributed by atoms with E-state index < -0.39 is 22.1 Å². The van der Waals surface area contributed by atoms with Gasteiger partial charge in [0.05, 0.1) is 14.9 Å². The highest BCUT2D eigenvalue weighted by molar-refractivity contribution is 7.89. The van der Waals surface area contributed by atoms with Crippen molar-refractivity contribution in [3.05, 3.63) is 63.1 Å². The largest absolute Gasteiger partial charge is 0.479 e. The van der Waals surface area contributed by atoms with Crippen molar-refractivity contribution in [1.29, 1.82) is 0 Å². The number of aliphatic hydroxyl groups is 1. The summed E-state index contributed by atoms with van der Waals surface area (Å²) in [6, 6.07) is 9.24. The molecule has 0 bridgehead atoms. The third-order valence-electron chi connectivity index (χ3n) is 4.92. The minimum Gasteiger partial charge on any atom is -0.479 e. The van der Waals surface area contributed by atoms with Crippen molar-refractivity contribution in [1.82, 2.24) is 4.72 Å². The molecule has 1 aliphatic carbocycles. The Kier molecular flexibility index (Phi) is 6.31. The lowest BCUT2D eigenvalue weighted by molar-refractivity contribution is -0.147. The molecular formula is C19H19Cl2NO5S. The van der Waals surface area contributed by atoms with Crippen molar-refractivity contribution in [2.75, 3.05) is 6.54 Å². The van der Waals surface area contributed by atoms with Crippen molar-refractivity contribution >= 4 is 39.2 Å². The van der Waals surface area contributed by atoms with E-state index in [-0.39, 0.29) is 27.4 Å². The first kappa shape index (κ1) is 21.1. The van der Waals surface area contributed by atoms with E-state index in [1.165, 1.54) is 18.2 Å². The molecule has 0 spiro atoms. The van der Waals surface area contributed by atoms with Crippen LogP contribution < -0.4 is 4.72 Å². The Bertz CT molecular complexity index is 1010. The lowest BCUT2D eigenvalue weighted by atomic mass is 9.80. The first-order chi connectivity index (χ1) is 13.2. The zero-order valence-corrected chi connectivity index (χ0v) is 17.1. The van der Waals surface area contributed by atoms with Gasteiger partial charge in [0.15, 0.2) is 6.10 Å². The molecule has 2 unspecified atom stereocenters. The number of hydrogen-bond donors (Lipinski definition) is 3. The molecule has 3 N–H and O–H groups in total. The van der Waals surface area contributed by atoms with Crippen LogP contribution in [0.5, 0.6) is 0 Å². The number of carboxylic acids is 1. The highest BCUT2D eigenvalue weighted by Gasteiger charge is 2.28. The molecular weight excluding hydrogens is 425 g/mol. The first-order valence-corrected chi connectivity index (χ1v) is 10.9. The van der Waals surface area contributed by atoms with Crippen molar-refractivity contribution in [2.24, 2.45) is 0 Å². The molecule has 3 rings (SSSR count). The molecule has 0 aliphatic heterocycles. The van der Waals surface area contributed by atoms with Crippen molar-refractivity contribution in [3.63, 3.8) is 0 Å². The number of halogens is 2. The van der Waals surface area contributed by atoms with Gasteiger partial charge in [-0.3, -0.25) is 0 Å². The molecule has 9 heteroatoms. The maximum Gasteiger partial charge on any atom is 0.337 e. The third kappa shape index (κ3) is 4.34. The Morgan fingerprint density at radius 1 is 1.21 bits per heavy atom. The summed E-state index contributed by atoms with van der Waals surface area (Å²) in [7, 11) is -3.78. The van der Waals surface area contributed by atoms with Crippen LogP contribution in [-0.4, -0.2) is 31.1 Å². The van der Waals surface area contributed by atoms with Crippen LogP contribution in [0, 0.1) is 0 Å². The quantitative estimate of drug-likeness (QED) is 0.633. The van der Waals surface area contributed by atoms with Crippen molar-refractivity contribution in [2.45, 2.75) is 36.2 Å². The lowest BCUT2D eigenvalue weighted by Gasteiger charge is -2.28. The average molecular weight is 444 g/mol. The summed E-state index contributed by atoms with van der Waals surface area (Å²) < 4.78 is 27.8. The van der Waals surface area contributed by atoms with E-state index >= 15 is 0 Å². The number of hydrogen-bond acceptors (Lipinski definition) is 4. The fourth-order valence-corrected chi connectivity index (χ4v) is 4.98. The molecule has 28 heavy (non-hydrogen) atoms. The second kappa shape index (κ2) is 8.39. The minimum absolute atomic E-state index is 0.0213. The Labute approximate surface area is 173 Å². The summed E-state index contributed by atoms with van der Waals surface area (Å²) in [6.07, 6.45) is 0.576. The Hall–Kier alpha value is -1.64. The topological polar surface area (TPSA) is 104 Å². The van der Waals surface area contributed by atoms with Crippen LogP contribution in [0.1, 0.15) is 41.6 Å². The van der Waals surface area contributed by atoms with Crippen LogP contribution in [0.25, 0.3) is 0 Å². The van der Waals surface area contributed by atoms with Crippen LogP contribution in [0.4, 0.5) is 0 Å². The van der Waals surface area contributed by atoms with E-state index in [1.54, 1.807) is 12.1 Å². The second-order valence-electron chi connectivity index (χ2n) is 6.67. The normalized spacial score (nSPS) is 17.8. The standard InChI is InChI=1S/C19H19Cl2NO5S/c20-16-8-7-12(9-17(16)21)28(26,27)22-10-11-3-1-5-14-13(11)4-2-6-15(14)18(23)19(24)25/h2,4,6-9,11,18,22-23H,1,3,5,10H2,(H,24,25). The van der Waals surface area contributed by atoms with Gasteiger partial charge in [-0.05, 0) is 60.1 Å². The van der Waals surface area contributed by atoms with Gasteiger partial charge in [0, 0.05) is 6.54 Å². The maximum absolute atomic E-state index is 12.6. The van der Waals surface area contributed by atoms with Gasteiger partial charge in [-0.15, -0.1) is 0 Å². The number of fused-ring (bicyclic) bond motifs is 1. The maximum atomic E-state index is 12.6. The number of carbonyl (C=O) groups is 1. The Balaban J connectivity index is 1.83. The molecule has 0 saturated carbocycles. The lowest BCUT2D eigenvalue weighted by Crippen LogP contribution is -2.30. The zero-order valence-electron chi connectivity index (χ0n) is 14.7. The summed E-state index contributed by atoms with van der Waals surface area (Å²) in [5, 5.41) is 19.5. The summed E-state index contributed by atoms with van der Waals surface area (Å²) in [5.41, 5.74) is 2.00. The third-order valence-corrected chi connectivity index (χ3v) is 7.08. The summed E-state index contributed by atoms with van der Waals surface area (Å²) in [5.74, 6) is -1.43. The highest BCUT2D eigenvalue weighted by Crippen LogP contribution is 2.35. The fourth-order valence-electron chi connectivity index (χ4n) is 3.51. The van der Waals surface area contributed by atoms with Gasteiger partial charge in [-0.25, -0.2) is 17.9 Å². The minimum atomic E-state index is -3.78. The molecule has 150 valence electrons. The number of nitrogens with one attached hydrogen (secondary N) is 1. The van der Waals surface area contributed by atoms with Gasteiger partial charge < -0.3 is 10.2 Å². The number of aliphatic hydroxyl groups excluding tert-OH is 1. The molecule has 2 aromatic carbocycles. The number of carboxylic acid groups (broad SMARTS) is 1. The van der Waals surface area contributed by atoms with Gasteiger partial charge in [0.1, 0.15) is 0 Å². The average Bonchev–Trinajstić information content (AvgIpc) is 2.67. The van der Waals surface area contributed by atoms with Crippen LogP contribution >= 0.6 is 23.2 Å². The van der Waals surface area contributed by atoms with Gasteiger partial charge in [-0.2, -0.15) is 0 Å². The van der Waals surface area contributed by atoms with E-state index in [4.69, 9.17) is 28.3 Å². The van der Waals surface area contributed by atoms with Gasteiger partial charge in [-0.1, -0.05) is 41.4 Å². The molecule has 0 heterocycles. The predicted octanol–water partition coefficient (Wildman–Crippen LogP) is 3.51. The van der Waals surface area contributed by atoms with Gasteiger partial charge in [0.25, 0.3) is 0 Å². The van der Waals surface area contributed by atoms with E-state index in [9.17, 15) is 18.3 Å². The van der Waals surface area contributed by atoms with Crippen molar-refractivity contribution in [3.8, 4) is 0 Å². The van der Waals surface area contributed by atoms with Crippen LogP contribution in [0.3, 0.4) is 0 Å². The number of benzene rings is 2. The molecule has 0 amide bonds. The predicted molar refractivity (Wildman–Crippen MR) is 106 cm³/mol. The molecule has 1 aliphatic rings. The van der Waals surface area contributed by atoms with Crippen molar-refractivity contribution < 1.29 is 23.4 Å². The second-order valence-corrected chi connectivity index (χ2v) is 9.25. The zero-order chi connectivity index (χ0) is 20.5. The molecule has 2 aromatic rings. The van der Waals surface area contributed by atoms with Crippen LogP contribution in [-0.2, 0) is 21.2 Å². The Morgan fingerprint density at radius 2 is 1.96 bits per heavy atom. The molecule has 0 fully saturated rings. The molecule has 0 aromatic heterocycles. The SMILES string of the molecule is O=C(O)C(O)c1cccc2c1CCCC2CNS(=O)(=O)c1ccc(Cl)c(Cl)c1. The first-order valence-electron chi connectivity index (χ1n) is 8.68. The van der Waals surface area contributed by atoms with E-state index in [1.807, 2.05) is 6.07 Å². The number of sulfonamides is 1. The Morgan fingerprint density at radius 3 is 2.64 bits per heavy atom. The molecule has 6 nitrogen and oxygen atoms in total. The summed E-state index contributed by atoms with van der Waals surface area (Å²) >= 11 is 11.8. The van der Waals surface area contributed by atoms with Crippen LogP contribution in [0.2, 0.25) is 10.0 Å². The van der Waals surface area contributed by atoms with Crippen LogP contribution in [0.15, 0.2) is 41.3 Å². The van der Waals surface area contributed by atoms with E-state index in [0.29, 0.717) is 12.0 Å². The molecule has 0 radical (unpaired) electrons. The van der Waals surface area contributed by atoms with Gasteiger partial charge >= 0.3 is 5.97 Å². The highest BCUT2D eigenvalue weighted by atomic mass is 35.5. The number of aliphatic carboxylic acids is 1. The van der Waals surface area contributed by atoms with Gasteiger partial charge in [0.2, 0.25) is 10.0 Å². The number of rotatable bonds is 6. The summed E-state index contributed by atoms with van der Waals surface area (Å²) in [4.78, 5) is 11.2. The molecule has 0 saturated heterocycles. The van der Waals surface area contributed by atoms with E-state index in [0.717, 1.165) is 24.0 Å². The molecule has 2 atom stereocenters. The van der Waals surface area contributed by atoms with E-state index in [2.05, 4.69) is 4.72 Å². The monoisotopic (exact) mass is 443 g/mol.